The van der Waals surface area contributed by atoms with Gasteiger partial charge in [-0.25, -0.2) is 31.6 Å². The minimum Gasteiger partial charge on any atom is -0.298 e. The number of ketones is 1. The molecule has 5 rings (SSSR count). The van der Waals surface area contributed by atoms with E-state index in [0.29, 0.717) is 0 Å². The van der Waals surface area contributed by atoms with Gasteiger partial charge in [0.15, 0.2) is 5.78 Å². The number of Topliss-reactive ketones (excluding diaryl/α,β-unsaturated/α-hetero) is 1. The van der Waals surface area contributed by atoms with Crippen molar-refractivity contribution in [3.05, 3.63) is 71.9 Å². The van der Waals surface area contributed by atoms with Crippen molar-refractivity contribution in [3.8, 4) is 11.3 Å². The number of hydrogen-bond acceptors (Lipinski definition) is 6. The Morgan fingerprint density at radius 1 is 1.00 bits per heavy atom. The first-order valence-corrected chi connectivity index (χ1v) is 13.3. The van der Waals surface area contributed by atoms with Crippen molar-refractivity contribution in [2.45, 2.75) is 55.0 Å². The third kappa shape index (κ3) is 5.14. The second-order valence-electron chi connectivity index (χ2n) is 9.47. The molecule has 206 valence electrons. The molecular weight excluding hydrogens is 550 g/mol. The lowest BCUT2D eigenvalue weighted by molar-refractivity contribution is -0.145. The van der Waals surface area contributed by atoms with Gasteiger partial charge in [0.2, 0.25) is 15.8 Å². The molecule has 3 heterocycles. The van der Waals surface area contributed by atoms with E-state index < -0.39 is 63.6 Å². The first kappa shape index (κ1) is 27.2. The van der Waals surface area contributed by atoms with Crippen molar-refractivity contribution < 1.29 is 39.6 Å². The third-order valence-corrected chi connectivity index (χ3v) is 8.95. The summed E-state index contributed by atoms with van der Waals surface area (Å²) in [7, 11) is -4.33. The Kier molecular flexibility index (Phi) is 6.95. The molecule has 2 aromatic heterocycles. The molecule has 1 unspecified atom stereocenters. The standard InChI is InChI=1S/C25H20F6N4O3S/c26-16-2-4-17(5-3-16)39(37,38)35-21-9-14(7-18(21)27)23(35)22(36)6-1-13-8-20(32-12-19(13)28)15-10-33-24(34-11-15)25(29,30)31/h2-5,8,10-12,14,18,21,23H,1,6-7,9H2/t14-,18+,21?,23-/m0/s1. The highest BCUT2D eigenvalue weighted by atomic mass is 32.2. The minimum atomic E-state index is -4.74. The van der Waals surface area contributed by atoms with Gasteiger partial charge < -0.3 is 0 Å². The second kappa shape index (κ2) is 9.97. The molecule has 0 N–H and O–H groups in total. The predicted molar refractivity (Wildman–Crippen MR) is 124 cm³/mol. The first-order valence-electron chi connectivity index (χ1n) is 11.9. The van der Waals surface area contributed by atoms with Gasteiger partial charge in [0.05, 0.1) is 28.9 Å². The topological polar surface area (TPSA) is 93.1 Å². The summed E-state index contributed by atoms with van der Waals surface area (Å²) in [6, 6.07) is 3.05. The smallest absolute Gasteiger partial charge is 0.298 e. The van der Waals surface area contributed by atoms with E-state index in [1.807, 2.05) is 0 Å². The van der Waals surface area contributed by atoms with Crippen molar-refractivity contribution in [3.63, 3.8) is 0 Å². The molecule has 1 saturated heterocycles. The van der Waals surface area contributed by atoms with Crippen LogP contribution in [0.3, 0.4) is 0 Å². The highest BCUT2D eigenvalue weighted by Crippen LogP contribution is 2.47. The number of aromatic nitrogens is 3. The average Bonchev–Trinajstić information content (AvgIpc) is 3.45. The van der Waals surface area contributed by atoms with E-state index in [-0.39, 0.29) is 47.4 Å². The Bertz CT molecular complexity index is 1500. The molecule has 0 amide bonds. The molecule has 3 aromatic rings. The van der Waals surface area contributed by atoms with Gasteiger partial charge in [0.1, 0.15) is 17.8 Å². The van der Waals surface area contributed by atoms with Crippen LogP contribution in [-0.2, 0) is 27.4 Å². The maximum Gasteiger partial charge on any atom is 0.451 e. The number of carbonyl (C=O) groups excluding carboxylic acids is 1. The lowest BCUT2D eigenvalue weighted by Gasteiger charge is -2.35. The fourth-order valence-electron chi connectivity index (χ4n) is 5.24. The number of aryl methyl sites for hydroxylation is 1. The fraction of sp³-hybridized carbons (Fsp3) is 0.360. The van der Waals surface area contributed by atoms with Crippen molar-refractivity contribution in [1.82, 2.24) is 19.3 Å². The van der Waals surface area contributed by atoms with Crippen LogP contribution >= 0.6 is 0 Å². The monoisotopic (exact) mass is 570 g/mol. The molecule has 2 bridgehead atoms. The molecule has 0 spiro atoms. The van der Waals surface area contributed by atoms with Gasteiger partial charge in [0, 0.05) is 24.4 Å². The zero-order valence-electron chi connectivity index (χ0n) is 19.9. The quantitative estimate of drug-likeness (QED) is 0.388. The maximum absolute atomic E-state index is 14.6. The summed E-state index contributed by atoms with van der Waals surface area (Å²) < 4.78 is 108. The minimum absolute atomic E-state index is 0.0121. The second-order valence-corrected chi connectivity index (χ2v) is 11.3. The van der Waals surface area contributed by atoms with Crippen LogP contribution in [0.2, 0.25) is 0 Å². The summed E-state index contributed by atoms with van der Waals surface area (Å²) in [6.07, 6.45) is -3.84. The molecule has 1 aromatic carbocycles. The summed E-state index contributed by atoms with van der Waals surface area (Å²) in [5.41, 5.74) is 0.190. The van der Waals surface area contributed by atoms with Crippen molar-refractivity contribution >= 4 is 15.8 Å². The number of alkyl halides is 4. The number of piperidine rings is 1. The van der Waals surface area contributed by atoms with Crippen LogP contribution in [0.4, 0.5) is 26.3 Å². The first-order chi connectivity index (χ1) is 18.4. The Labute approximate surface area is 219 Å². The van der Waals surface area contributed by atoms with Gasteiger partial charge in [-0.15, -0.1) is 0 Å². The van der Waals surface area contributed by atoms with Gasteiger partial charge in [-0.05, 0) is 61.1 Å². The van der Waals surface area contributed by atoms with Gasteiger partial charge in [-0.3, -0.25) is 9.78 Å². The molecule has 4 atom stereocenters. The number of pyridine rings is 1. The molecule has 0 radical (unpaired) electrons. The Hall–Kier alpha value is -3.39. The Morgan fingerprint density at radius 2 is 1.67 bits per heavy atom. The number of sulfonamides is 1. The van der Waals surface area contributed by atoms with Crippen LogP contribution in [0.5, 0.6) is 0 Å². The molecule has 1 aliphatic heterocycles. The molecular formula is C25H20F6N4O3S. The SMILES string of the molecule is O=C(CCc1cc(-c2cnc(C(F)(F)F)nc2)ncc1F)[C@@H]1[C@@H]2CC([C@H](F)C2)N1S(=O)(=O)c1ccc(F)cc1. The number of carbonyl (C=O) groups is 1. The van der Waals surface area contributed by atoms with Crippen molar-refractivity contribution in [2.24, 2.45) is 5.92 Å². The van der Waals surface area contributed by atoms with Crippen LogP contribution in [-0.4, -0.2) is 51.7 Å². The average molecular weight is 571 g/mol. The van der Waals surface area contributed by atoms with Crippen LogP contribution in [0, 0.1) is 17.6 Å². The van der Waals surface area contributed by atoms with Gasteiger partial charge in [-0.2, -0.15) is 17.5 Å². The number of hydrogen-bond donors (Lipinski definition) is 0. The van der Waals surface area contributed by atoms with E-state index in [9.17, 15) is 39.6 Å². The lowest BCUT2D eigenvalue weighted by atomic mass is 9.92. The summed E-state index contributed by atoms with van der Waals surface area (Å²) in [5, 5.41) is 0. The fourth-order valence-corrected chi connectivity index (χ4v) is 7.13. The molecule has 39 heavy (non-hydrogen) atoms. The van der Waals surface area contributed by atoms with E-state index in [2.05, 4.69) is 15.0 Å². The van der Waals surface area contributed by atoms with E-state index in [1.165, 1.54) is 6.07 Å². The molecule has 1 saturated carbocycles. The largest absolute Gasteiger partial charge is 0.451 e. The van der Waals surface area contributed by atoms with Crippen molar-refractivity contribution in [1.29, 1.82) is 0 Å². The normalized spacial score (nSPS) is 23.3. The summed E-state index contributed by atoms with van der Waals surface area (Å²) >= 11 is 0. The lowest BCUT2D eigenvalue weighted by Crippen LogP contribution is -2.52. The van der Waals surface area contributed by atoms with E-state index in [0.717, 1.165) is 47.2 Å². The van der Waals surface area contributed by atoms with E-state index >= 15 is 0 Å². The van der Waals surface area contributed by atoms with Gasteiger partial charge in [0.25, 0.3) is 0 Å². The molecule has 14 heteroatoms. The Balaban J connectivity index is 1.36. The predicted octanol–water partition coefficient (Wildman–Crippen LogP) is 4.53. The van der Waals surface area contributed by atoms with E-state index in [4.69, 9.17) is 0 Å². The molecule has 2 fully saturated rings. The zero-order chi connectivity index (χ0) is 28.1. The number of halogens is 6. The Morgan fingerprint density at radius 3 is 2.31 bits per heavy atom. The maximum atomic E-state index is 14.6. The van der Waals surface area contributed by atoms with Crippen LogP contribution < -0.4 is 0 Å². The molecule has 1 aliphatic carbocycles. The van der Waals surface area contributed by atoms with Gasteiger partial charge in [-0.1, -0.05) is 0 Å². The number of fused-ring (bicyclic) bond motifs is 2. The third-order valence-electron chi connectivity index (χ3n) is 7.03. The number of rotatable bonds is 7. The van der Waals surface area contributed by atoms with Crippen LogP contribution in [0.15, 0.2) is 53.8 Å². The summed E-state index contributed by atoms with van der Waals surface area (Å²) in [5.74, 6) is -3.87. The molecule has 2 aliphatic rings. The zero-order valence-corrected chi connectivity index (χ0v) is 20.8. The number of nitrogens with zero attached hydrogens (tertiary/aromatic N) is 4. The van der Waals surface area contributed by atoms with E-state index in [1.54, 1.807) is 0 Å². The van der Waals surface area contributed by atoms with Crippen LogP contribution in [0.25, 0.3) is 11.3 Å². The molecule has 7 nitrogen and oxygen atoms in total. The van der Waals surface area contributed by atoms with Crippen molar-refractivity contribution in [2.75, 3.05) is 0 Å². The van der Waals surface area contributed by atoms with Crippen LogP contribution in [0.1, 0.15) is 30.7 Å². The van der Waals surface area contributed by atoms with Gasteiger partial charge >= 0.3 is 6.18 Å². The number of benzene rings is 1. The summed E-state index contributed by atoms with van der Waals surface area (Å²) in [6.45, 7) is 0. The highest BCUT2D eigenvalue weighted by molar-refractivity contribution is 7.89. The highest BCUT2D eigenvalue weighted by Gasteiger charge is 2.58. The summed E-state index contributed by atoms with van der Waals surface area (Å²) in [4.78, 5) is 23.4.